The van der Waals surface area contributed by atoms with Gasteiger partial charge in [0.25, 0.3) is 0 Å². The average molecular weight is 404 g/mol. The van der Waals surface area contributed by atoms with E-state index in [1.54, 1.807) is 11.8 Å². The first-order chi connectivity index (χ1) is 13.2. The van der Waals surface area contributed by atoms with Gasteiger partial charge in [0.1, 0.15) is 0 Å². The van der Waals surface area contributed by atoms with Gasteiger partial charge in [0, 0.05) is 47.5 Å². The minimum Gasteiger partial charge on any atom is -0.395 e. The Morgan fingerprint density at radius 2 is 1.70 bits per heavy atom. The van der Waals surface area contributed by atoms with Crippen LogP contribution in [0.3, 0.4) is 0 Å². The van der Waals surface area contributed by atoms with Crippen molar-refractivity contribution >= 4 is 40.6 Å². The number of hydrogen-bond acceptors (Lipinski definition) is 5. The third-order valence-corrected chi connectivity index (χ3v) is 6.34. The molecule has 0 saturated carbocycles. The molecule has 2 aromatic rings. The predicted molar refractivity (Wildman–Crippen MR) is 109 cm³/mol. The number of carbonyl (C=O) groups excluding carboxylic acids is 1. The van der Waals surface area contributed by atoms with E-state index in [4.69, 9.17) is 16.7 Å². The molecular formula is C20H22ClN3O2S. The third kappa shape index (κ3) is 4.00. The molecule has 142 valence electrons. The van der Waals surface area contributed by atoms with Crippen LogP contribution >= 0.6 is 23.4 Å². The number of piperazine rings is 1. The van der Waals surface area contributed by atoms with Crippen LogP contribution < -0.4 is 4.90 Å². The number of halogens is 1. The van der Waals surface area contributed by atoms with Gasteiger partial charge >= 0.3 is 0 Å². The number of fused-ring (bicyclic) bond motifs is 2. The Labute approximate surface area is 168 Å². The van der Waals surface area contributed by atoms with Crippen LogP contribution in [0.2, 0.25) is 5.02 Å². The predicted octanol–water partition coefficient (Wildman–Crippen LogP) is 3.08. The number of hydrogen-bond donors (Lipinski definition) is 1. The van der Waals surface area contributed by atoms with Gasteiger partial charge in [-0.1, -0.05) is 35.5 Å². The van der Waals surface area contributed by atoms with Gasteiger partial charge in [0.2, 0.25) is 5.91 Å². The molecule has 1 amide bonds. The number of anilines is 2. The van der Waals surface area contributed by atoms with Crippen molar-refractivity contribution in [3.8, 4) is 0 Å². The second-order valence-corrected chi connectivity index (χ2v) is 8.27. The molecule has 1 N–H and O–H groups in total. The third-order valence-electron chi connectivity index (χ3n) is 4.98. The molecular weight excluding hydrogens is 382 g/mol. The monoisotopic (exact) mass is 403 g/mol. The zero-order chi connectivity index (χ0) is 18.8. The highest BCUT2D eigenvalue weighted by molar-refractivity contribution is 7.99. The molecule has 2 aliphatic heterocycles. The molecule has 5 nitrogen and oxygen atoms in total. The molecule has 2 aliphatic rings. The SMILES string of the molecule is O=C(CN1CCN(CCO)CC1)N1c2ccccc2Sc2ccc(Cl)cc21. The van der Waals surface area contributed by atoms with E-state index in [1.165, 1.54) is 0 Å². The van der Waals surface area contributed by atoms with Crippen molar-refractivity contribution in [3.05, 3.63) is 47.5 Å². The number of β-amino-alcohol motifs (C(OH)–C–C–N with tert-alkyl or cyclic N) is 1. The average Bonchev–Trinajstić information content (AvgIpc) is 2.68. The molecule has 1 saturated heterocycles. The number of carbonyl (C=O) groups is 1. The number of aliphatic hydroxyl groups excluding tert-OH is 1. The van der Waals surface area contributed by atoms with Crippen LogP contribution in [0.15, 0.2) is 52.3 Å². The first-order valence-corrected chi connectivity index (χ1v) is 10.3. The van der Waals surface area contributed by atoms with Gasteiger partial charge in [-0.3, -0.25) is 19.5 Å². The standard InChI is InChI=1S/C20H22ClN3O2S/c21-15-5-6-19-17(13-15)24(16-3-1-2-4-18(16)27-19)20(26)14-23-9-7-22(8-10-23)11-12-25/h1-6,13,25H,7-12,14H2. The highest BCUT2D eigenvalue weighted by atomic mass is 35.5. The topological polar surface area (TPSA) is 47.0 Å². The van der Waals surface area contributed by atoms with Crippen LogP contribution in [0.25, 0.3) is 0 Å². The van der Waals surface area contributed by atoms with E-state index in [0.29, 0.717) is 18.1 Å². The van der Waals surface area contributed by atoms with E-state index in [1.807, 2.05) is 47.4 Å². The first-order valence-electron chi connectivity index (χ1n) is 9.10. The van der Waals surface area contributed by atoms with Crippen LogP contribution in [0.4, 0.5) is 11.4 Å². The molecule has 0 atom stereocenters. The van der Waals surface area contributed by atoms with Crippen LogP contribution in [-0.4, -0.2) is 66.7 Å². The molecule has 0 bridgehead atoms. The maximum Gasteiger partial charge on any atom is 0.245 e. The maximum absolute atomic E-state index is 13.3. The fourth-order valence-electron chi connectivity index (χ4n) is 3.57. The summed E-state index contributed by atoms with van der Waals surface area (Å²) < 4.78 is 0. The molecule has 0 aliphatic carbocycles. The molecule has 1 fully saturated rings. The normalized spacial score (nSPS) is 17.5. The number of para-hydroxylation sites is 1. The van der Waals surface area contributed by atoms with Crippen LogP contribution in [0.5, 0.6) is 0 Å². The fraction of sp³-hybridized carbons (Fsp3) is 0.350. The van der Waals surface area contributed by atoms with Gasteiger partial charge < -0.3 is 5.11 Å². The number of benzene rings is 2. The van der Waals surface area contributed by atoms with Crippen LogP contribution in [-0.2, 0) is 4.79 Å². The summed E-state index contributed by atoms with van der Waals surface area (Å²) in [7, 11) is 0. The zero-order valence-corrected chi connectivity index (χ0v) is 16.5. The van der Waals surface area contributed by atoms with Crippen molar-refractivity contribution < 1.29 is 9.90 Å². The number of amides is 1. The molecule has 2 aromatic carbocycles. The largest absolute Gasteiger partial charge is 0.395 e. The van der Waals surface area contributed by atoms with Crippen molar-refractivity contribution in [3.63, 3.8) is 0 Å². The minimum atomic E-state index is 0.0573. The molecule has 0 aromatic heterocycles. The van der Waals surface area contributed by atoms with Gasteiger partial charge in [0.05, 0.1) is 24.5 Å². The molecule has 27 heavy (non-hydrogen) atoms. The Morgan fingerprint density at radius 3 is 2.48 bits per heavy atom. The van der Waals surface area contributed by atoms with E-state index in [-0.39, 0.29) is 12.5 Å². The summed E-state index contributed by atoms with van der Waals surface area (Å²) in [6.07, 6.45) is 0. The molecule has 0 unspecified atom stereocenters. The minimum absolute atomic E-state index is 0.0573. The van der Waals surface area contributed by atoms with Crippen molar-refractivity contribution in [2.75, 3.05) is 50.8 Å². The quantitative estimate of drug-likeness (QED) is 0.850. The lowest BCUT2D eigenvalue weighted by atomic mass is 10.2. The van der Waals surface area contributed by atoms with Gasteiger partial charge in [-0.25, -0.2) is 0 Å². The maximum atomic E-state index is 13.3. The summed E-state index contributed by atoms with van der Waals surface area (Å²) in [5.41, 5.74) is 1.77. The summed E-state index contributed by atoms with van der Waals surface area (Å²) in [6.45, 7) is 4.67. The van der Waals surface area contributed by atoms with Gasteiger partial charge in [-0.15, -0.1) is 0 Å². The van der Waals surface area contributed by atoms with E-state index in [9.17, 15) is 4.79 Å². The molecule has 7 heteroatoms. The van der Waals surface area contributed by atoms with E-state index >= 15 is 0 Å². The molecule has 0 spiro atoms. The molecule has 2 heterocycles. The Kier molecular flexibility index (Phi) is 5.71. The Balaban J connectivity index is 1.56. The highest BCUT2D eigenvalue weighted by Crippen LogP contribution is 2.48. The lowest BCUT2D eigenvalue weighted by molar-refractivity contribution is -0.119. The van der Waals surface area contributed by atoms with Crippen molar-refractivity contribution in [2.24, 2.45) is 0 Å². The molecule has 0 radical (unpaired) electrons. The van der Waals surface area contributed by atoms with E-state index in [2.05, 4.69) is 9.80 Å². The van der Waals surface area contributed by atoms with Crippen molar-refractivity contribution in [2.45, 2.75) is 9.79 Å². The van der Waals surface area contributed by atoms with Crippen molar-refractivity contribution in [1.82, 2.24) is 9.80 Å². The summed E-state index contributed by atoms with van der Waals surface area (Å²) in [5.74, 6) is 0.0573. The van der Waals surface area contributed by atoms with Crippen LogP contribution in [0.1, 0.15) is 0 Å². The summed E-state index contributed by atoms with van der Waals surface area (Å²) in [4.78, 5) is 21.6. The van der Waals surface area contributed by atoms with E-state index in [0.717, 1.165) is 47.3 Å². The Bertz CT molecular complexity index is 840. The fourth-order valence-corrected chi connectivity index (χ4v) is 4.78. The summed E-state index contributed by atoms with van der Waals surface area (Å²) in [6, 6.07) is 13.7. The Morgan fingerprint density at radius 1 is 1.00 bits per heavy atom. The lowest BCUT2D eigenvalue weighted by Gasteiger charge is -2.36. The zero-order valence-electron chi connectivity index (χ0n) is 15.0. The number of rotatable bonds is 4. The lowest BCUT2D eigenvalue weighted by Crippen LogP contribution is -2.50. The highest BCUT2D eigenvalue weighted by Gasteiger charge is 2.30. The number of aliphatic hydroxyl groups is 1. The smallest absolute Gasteiger partial charge is 0.245 e. The summed E-state index contributed by atoms with van der Waals surface area (Å²) >= 11 is 7.90. The van der Waals surface area contributed by atoms with Crippen molar-refractivity contribution in [1.29, 1.82) is 0 Å². The second kappa shape index (κ2) is 8.20. The molecule has 4 rings (SSSR count). The number of nitrogens with zero attached hydrogens (tertiary/aromatic N) is 3. The van der Waals surface area contributed by atoms with E-state index < -0.39 is 0 Å². The van der Waals surface area contributed by atoms with Gasteiger partial charge in [-0.05, 0) is 30.3 Å². The van der Waals surface area contributed by atoms with Gasteiger partial charge in [-0.2, -0.15) is 0 Å². The first kappa shape index (κ1) is 18.8. The van der Waals surface area contributed by atoms with Crippen LogP contribution in [0, 0.1) is 0 Å². The van der Waals surface area contributed by atoms with Gasteiger partial charge in [0.15, 0.2) is 0 Å². The summed E-state index contributed by atoms with van der Waals surface area (Å²) in [5, 5.41) is 9.71. The second-order valence-electron chi connectivity index (χ2n) is 6.75. The Hall–Kier alpha value is -1.57.